The van der Waals surface area contributed by atoms with E-state index in [-0.39, 0.29) is 0 Å². The lowest BCUT2D eigenvalue weighted by Gasteiger charge is -2.01. The van der Waals surface area contributed by atoms with Gasteiger partial charge < -0.3 is 9.73 Å². The van der Waals surface area contributed by atoms with E-state index in [1.165, 1.54) is 18.4 Å². The van der Waals surface area contributed by atoms with Crippen LogP contribution in [-0.4, -0.2) is 20.8 Å². The summed E-state index contributed by atoms with van der Waals surface area (Å²) in [5.74, 6) is 3.90. The van der Waals surface area contributed by atoms with Crippen molar-refractivity contribution in [3.63, 3.8) is 0 Å². The number of aryl methyl sites for hydroxylation is 3. The van der Waals surface area contributed by atoms with Crippen molar-refractivity contribution in [2.24, 2.45) is 0 Å². The molecule has 0 amide bonds. The molecule has 0 unspecified atom stereocenters. The standard InChI is InChI=1S/C16H24N4O/c1-4-15-18-16(5-2)20(19-15)10-14-8-12(11(3)21-14)9-17-13-6-7-13/h8,13,17H,4-7,9-10H2,1-3H3. The Kier molecular flexibility index (Phi) is 4.10. The summed E-state index contributed by atoms with van der Waals surface area (Å²) in [5.41, 5.74) is 1.26. The largest absolute Gasteiger partial charge is 0.464 e. The second-order valence-electron chi connectivity index (χ2n) is 5.76. The van der Waals surface area contributed by atoms with E-state index in [9.17, 15) is 0 Å². The molecule has 5 heteroatoms. The third-order valence-corrected chi connectivity index (χ3v) is 3.96. The summed E-state index contributed by atoms with van der Waals surface area (Å²) in [7, 11) is 0. The van der Waals surface area contributed by atoms with Crippen molar-refractivity contribution in [1.82, 2.24) is 20.1 Å². The summed E-state index contributed by atoms with van der Waals surface area (Å²) >= 11 is 0. The Morgan fingerprint density at radius 3 is 2.81 bits per heavy atom. The molecule has 1 N–H and O–H groups in total. The maximum atomic E-state index is 5.89. The van der Waals surface area contributed by atoms with Crippen molar-refractivity contribution < 1.29 is 4.42 Å². The fourth-order valence-corrected chi connectivity index (χ4v) is 2.49. The van der Waals surface area contributed by atoms with Crippen LogP contribution in [0.25, 0.3) is 0 Å². The maximum Gasteiger partial charge on any atom is 0.150 e. The highest BCUT2D eigenvalue weighted by Gasteiger charge is 2.21. The van der Waals surface area contributed by atoms with Crippen LogP contribution in [-0.2, 0) is 25.9 Å². The lowest BCUT2D eigenvalue weighted by molar-refractivity contribution is 0.450. The van der Waals surface area contributed by atoms with Crippen molar-refractivity contribution >= 4 is 0 Å². The summed E-state index contributed by atoms with van der Waals surface area (Å²) in [6.45, 7) is 7.79. The Bertz CT molecular complexity index is 610. The zero-order chi connectivity index (χ0) is 14.8. The lowest BCUT2D eigenvalue weighted by atomic mass is 10.2. The number of rotatable bonds is 7. The number of aromatic nitrogens is 3. The molecule has 0 spiro atoms. The molecule has 1 aliphatic carbocycles. The zero-order valence-corrected chi connectivity index (χ0v) is 13.1. The van der Waals surface area contributed by atoms with E-state index in [4.69, 9.17) is 4.42 Å². The fourth-order valence-electron chi connectivity index (χ4n) is 2.49. The van der Waals surface area contributed by atoms with Crippen LogP contribution in [0.2, 0.25) is 0 Å². The Balaban J connectivity index is 1.71. The predicted octanol–water partition coefficient (Wildman–Crippen LogP) is 2.60. The molecule has 0 radical (unpaired) electrons. The van der Waals surface area contributed by atoms with E-state index in [0.717, 1.165) is 48.6 Å². The van der Waals surface area contributed by atoms with Gasteiger partial charge in [0.2, 0.25) is 0 Å². The van der Waals surface area contributed by atoms with Gasteiger partial charge in [-0.1, -0.05) is 13.8 Å². The molecule has 0 atom stereocenters. The Labute approximate surface area is 125 Å². The summed E-state index contributed by atoms with van der Waals surface area (Å²) < 4.78 is 7.85. The van der Waals surface area contributed by atoms with Gasteiger partial charge in [0.15, 0.2) is 5.82 Å². The number of hydrogen-bond acceptors (Lipinski definition) is 4. The Morgan fingerprint density at radius 2 is 2.14 bits per heavy atom. The summed E-state index contributed by atoms with van der Waals surface area (Å²) in [4.78, 5) is 4.54. The summed E-state index contributed by atoms with van der Waals surface area (Å²) in [6.07, 6.45) is 4.38. The molecule has 5 nitrogen and oxygen atoms in total. The first kappa shape index (κ1) is 14.3. The SMILES string of the molecule is CCc1nc(CC)n(Cc2cc(CNC3CC3)c(C)o2)n1. The van der Waals surface area contributed by atoms with E-state index < -0.39 is 0 Å². The van der Waals surface area contributed by atoms with Gasteiger partial charge in [-0.15, -0.1) is 0 Å². The Morgan fingerprint density at radius 1 is 1.33 bits per heavy atom. The van der Waals surface area contributed by atoms with Gasteiger partial charge >= 0.3 is 0 Å². The molecule has 21 heavy (non-hydrogen) atoms. The minimum absolute atomic E-state index is 0.667. The molecule has 1 aliphatic rings. The normalized spacial score (nSPS) is 14.8. The number of furan rings is 1. The molecule has 0 bridgehead atoms. The lowest BCUT2D eigenvalue weighted by Crippen LogP contribution is -2.15. The van der Waals surface area contributed by atoms with Crippen molar-refractivity contribution in [3.8, 4) is 0 Å². The van der Waals surface area contributed by atoms with Crippen LogP contribution in [0.5, 0.6) is 0 Å². The topological polar surface area (TPSA) is 55.9 Å². The smallest absolute Gasteiger partial charge is 0.150 e. The van der Waals surface area contributed by atoms with E-state index in [0.29, 0.717) is 6.54 Å². The van der Waals surface area contributed by atoms with Gasteiger partial charge in [0, 0.05) is 31.0 Å². The van der Waals surface area contributed by atoms with Crippen LogP contribution in [0.15, 0.2) is 10.5 Å². The molecule has 1 saturated carbocycles. The first-order valence-corrected chi connectivity index (χ1v) is 7.93. The van der Waals surface area contributed by atoms with Crippen LogP contribution >= 0.6 is 0 Å². The highest BCUT2D eigenvalue weighted by molar-refractivity contribution is 5.21. The van der Waals surface area contributed by atoms with Crippen molar-refractivity contribution in [2.75, 3.05) is 0 Å². The molecule has 1 fully saturated rings. The molecular weight excluding hydrogens is 264 g/mol. The van der Waals surface area contributed by atoms with Crippen LogP contribution < -0.4 is 5.32 Å². The van der Waals surface area contributed by atoms with Crippen LogP contribution in [0.1, 0.15) is 55.4 Å². The van der Waals surface area contributed by atoms with Gasteiger partial charge in [-0.25, -0.2) is 9.67 Å². The fraction of sp³-hybridized carbons (Fsp3) is 0.625. The average molecular weight is 288 g/mol. The molecule has 3 rings (SSSR count). The molecule has 0 aliphatic heterocycles. The Hall–Kier alpha value is -1.62. The average Bonchev–Trinajstić information content (AvgIpc) is 3.13. The van der Waals surface area contributed by atoms with Gasteiger partial charge in [-0.05, 0) is 25.8 Å². The second-order valence-corrected chi connectivity index (χ2v) is 5.76. The number of hydrogen-bond donors (Lipinski definition) is 1. The minimum Gasteiger partial charge on any atom is -0.464 e. The highest BCUT2D eigenvalue weighted by Crippen LogP contribution is 2.21. The van der Waals surface area contributed by atoms with Crippen molar-refractivity contribution in [2.45, 2.75) is 65.6 Å². The van der Waals surface area contributed by atoms with E-state index >= 15 is 0 Å². The van der Waals surface area contributed by atoms with Gasteiger partial charge in [-0.3, -0.25) is 0 Å². The van der Waals surface area contributed by atoms with Gasteiger partial charge in [0.25, 0.3) is 0 Å². The van der Waals surface area contributed by atoms with Gasteiger partial charge in [-0.2, -0.15) is 5.10 Å². The molecule has 0 aromatic carbocycles. The van der Waals surface area contributed by atoms with Gasteiger partial charge in [0.05, 0.1) is 0 Å². The van der Waals surface area contributed by atoms with Crippen LogP contribution in [0.4, 0.5) is 0 Å². The monoisotopic (exact) mass is 288 g/mol. The molecule has 2 aromatic rings. The predicted molar refractivity (Wildman–Crippen MR) is 81.2 cm³/mol. The first-order valence-electron chi connectivity index (χ1n) is 7.93. The molecule has 2 aromatic heterocycles. The number of nitrogens with zero attached hydrogens (tertiary/aromatic N) is 3. The van der Waals surface area contributed by atoms with Crippen molar-refractivity contribution in [1.29, 1.82) is 0 Å². The van der Waals surface area contributed by atoms with Crippen LogP contribution in [0, 0.1) is 6.92 Å². The third kappa shape index (κ3) is 3.35. The van der Waals surface area contributed by atoms with E-state index in [1.807, 2.05) is 11.6 Å². The zero-order valence-electron chi connectivity index (χ0n) is 13.1. The maximum absolute atomic E-state index is 5.89. The molecule has 0 saturated heterocycles. The quantitative estimate of drug-likeness (QED) is 0.851. The van der Waals surface area contributed by atoms with E-state index in [1.54, 1.807) is 0 Å². The third-order valence-electron chi connectivity index (χ3n) is 3.96. The molecular formula is C16H24N4O. The molecule has 2 heterocycles. The van der Waals surface area contributed by atoms with Crippen molar-refractivity contribution in [3.05, 3.63) is 34.8 Å². The summed E-state index contributed by atoms with van der Waals surface area (Å²) in [6, 6.07) is 2.87. The number of nitrogens with one attached hydrogen (secondary N) is 1. The van der Waals surface area contributed by atoms with E-state index in [2.05, 4.69) is 35.3 Å². The highest BCUT2D eigenvalue weighted by atomic mass is 16.3. The summed E-state index contributed by atoms with van der Waals surface area (Å²) in [5, 5.41) is 8.08. The van der Waals surface area contributed by atoms with Crippen LogP contribution in [0.3, 0.4) is 0 Å². The molecule has 114 valence electrons. The second kappa shape index (κ2) is 6.02. The minimum atomic E-state index is 0.667. The van der Waals surface area contributed by atoms with Gasteiger partial charge in [0.1, 0.15) is 23.9 Å². The first-order chi connectivity index (χ1) is 10.2.